The number of alkyl halides is 1. The van der Waals surface area contributed by atoms with Gasteiger partial charge < -0.3 is 10.2 Å². The van der Waals surface area contributed by atoms with E-state index in [2.05, 4.69) is 74.0 Å². The first kappa shape index (κ1) is 18.4. The lowest BCUT2D eigenvalue weighted by Gasteiger charge is -2.33. The van der Waals surface area contributed by atoms with E-state index in [0.29, 0.717) is 0 Å². The summed E-state index contributed by atoms with van der Waals surface area (Å²) in [7, 11) is 1.93. The number of aryl methyl sites for hydroxylation is 2. The molecule has 0 spiro atoms. The highest BCUT2D eigenvalue weighted by molar-refractivity contribution is 14.1. The van der Waals surface area contributed by atoms with Crippen molar-refractivity contribution < 1.29 is 0 Å². The SMILES string of the molecule is Cc1ccccc1CNc1nc(N2CCN(CI)CC2)nc2c1cnn2C. The number of hydrogen-bond donors (Lipinski definition) is 1. The van der Waals surface area contributed by atoms with Crippen LogP contribution >= 0.6 is 22.6 Å². The third-order valence-corrected chi connectivity index (χ3v) is 6.08. The Kier molecular flexibility index (Phi) is 5.44. The Morgan fingerprint density at radius 1 is 1.11 bits per heavy atom. The highest BCUT2D eigenvalue weighted by Crippen LogP contribution is 2.24. The van der Waals surface area contributed by atoms with Gasteiger partial charge in [0, 0.05) is 39.8 Å². The van der Waals surface area contributed by atoms with Crippen molar-refractivity contribution in [3.05, 3.63) is 41.6 Å². The van der Waals surface area contributed by atoms with Crippen molar-refractivity contribution in [3.8, 4) is 0 Å². The molecule has 1 fully saturated rings. The fraction of sp³-hybridized carbons (Fsp3) is 0.421. The molecule has 0 aliphatic carbocycles. The average molecular weight is 477 g/mol. The van der Waals surface area contributed by atoms with Gasteiger partial charge in [-0.2, -0.15) is 15.1 Å². The molecule has 0 unspecified atom stereocenters. The highest BCUT2D eigenvalue weighted by Gasteiger charge is 2.21. The second-order valence-electron chi connectivity index (χ2n) is 6.88. The molecule has 0 atom stereocenters. The minimum absolute atomic E-state index is 0.732. The number of nitrogens with zero attached hydrogens (tertiary/aromatic N) is 6. The number of rotatable bonds is 5. The predicted octanol–water partition coefficient (Wildman–Crippen LogP) is 2.80. The van der Waals surface area contributed by atoms with Crippen LogP contribution in [0, 0.1) is 6.92 Å². The lowest BCUT2D eigenvalue weighted by Crippen LogP contribution is -2.46. The van der Waals surface area contributed by atoms with Crippen molar-refractivity contribution in [2.24, 2.45) is 7.05 Å². The van der Waals surface area contributed by atoms with Gasteiger partial charge in [0.05, 0.1) is 16.1 Å². The summed E-state index contributed by atoms with van der Waals surface area (Å²) in [5.41, 5.74) is 3.41. The van der Waals surface area contributed by atoms with Crippen molar-refractivity contribution in [3.63, 3.8) is 0 Å². The molecule has 3 heterocycles. The quantitative estimate of drug-likeness (QED) is 0.347. The van der Waals surface area contributed by atoms with Gasteiger partial charge in [-0.25, -0.2) is 0 Å². The van der Waals surface area contributed by atoms with Gasteiger partial charge in [-0.05, 0) is 18.1 Å². The molecular formula is C19H24IN7. The summed E-state index contributed by atoms with van der Waals surface area (Å²) in [5.74, 6) is 1.63. The molecule has 7 nitrogen and oxygen atoms in total. The van der Waals surface area contributed by atoms with E-state index in [9.17, 15) is 0 Å². The standard InChI is InChI=1S/C19H24IN7/c1-14-5-3-4-6-15(14)11-21-17-16-12-22-25(2)18(16)24-19(23-17)27-9-7-26(13-20)8-10-27/h3-6,12H,7-11,13H2,1-2H3,(H,21,23,24). The van der Waals surface area contributed by atoms with Crippen LogP contribution in [0.15, 0.2) is 30.5 Å². The van der Waals surface area contributed by atoms with Crippen molar-refractivity contribution >= 4 is 45.4 Å². The summed E-state index contributed by atoms with van der Waals surface area (Å²) in [5, 5.41) is 8.86. The molecule has 3 aromatic rings. The van der Waals surface area contributed by atoms with Gasteiger partial charge in [-0.1, -0.05) is 46.9 Å². The largest absolute Gasteiger partial charge is 0.365 e. The Bertz CT molecular complexity index is 931. The zero-order chi connectivity index (χ0) is 18.8. The lowest BCUT2D eigenvalue weighted by atomic mass is 10.1. The number of aromatic nitrogens is 4. The van der Waals surface area contributed by atoms with E-state index >= 15 is 0 Å². The lowest BCUT2D eigenvalue weighted by molar-refractivity contribution is 0.305. The van der Waals surface area contributed by atoms with Gasteiger partial charge in [-0.15, -0.1) is 0 Å². The number of piperazine rings is 1. The minimum atomic E-state index is 0.732. The van der Waals surface area contributed by atoms with E-state index in [1.165, 1.54) is 11.1 Å². The van der Waals surface area contributed by atoms with Crippen LogP contribution in [0.5, 0.6) is 0 Å². The Hall–Kier alpha value is -1.94. The number of hydrogen-bond acceptors (Lipinski definition) is 6. The average Bonchev–Trinajstić information content (AvgIpc) is 3.08. The molecule has 27 heavy (non-hydrogen) atoms. The normalized spacial score (nSPS) is 15.4. The fourth-order valence-corrected chi connectivity index (χ4v) is 4.02. The molecule has 1 aliphatic rings. The molecule has 1 aromatic carbocycles. The van der Waals surface area contributed by atoms with Crippen LogP contribution in [0.1, 0.15) is 11.1 Å². The zero-order valence-corrected chi connectivity index (χ0v) is 17.8. The van der Waals surface area contributed by atoms with E-state index in [-0.39, 0.29) is 0 Å². The van der Waals surface area contributed by atoms with E-state index in [0.717, 1.165) is 60.1 Å². The molecule has 8 heteroatoms. The molecule has 1 aliphatic heterocycles. The second kappa shape index (κ2) is 7.97. The van der Waals surface area contributed by atoms with Crippen molar-refractivity contribution in [2.75, 3.05) is 40.9 Å². The van der Waals surface area contributed by atoms with Crippen LogP contribution in [0.2, 0.25) is 0 Å². The summed E-state index contributed by atoms with van der Waals surface area (Å²) < 4.78 is 2.89. The molecule has 0 amide bonds. The van der Waals surface area contributed by atoms with Gasteiger partial charge >= 0.3 is 0 Å². The van der Waals surface area contributed by atoms with Crippen LogP contribution in [0.3, 0.4) is 0 Å². The van der Waals surface area contributed by atoms with Gasteiger partial charge in [0.2, 0.25) is 5.95 Å². The second-order valence-corrected chi connectivity index (χ2v) is 7.56. The molecule has 2 aromatic heterocycles. The molecule has 1 N–H and O–H groups in total. The monoisotopic (exact) mass is 477 g/mol. The van der Waals surface area contributed by atoms with E-state index in [1.54, 1.807) is 0 Å². The maximum Gasteiger partial charge on any atom is 0.229 e. The van der Waals surface area contributed by atoms with Crippen LogP contribution in [0.4, 0.5) is 11.8 Å². The summed E-state index contributed by atoms with van der Waals surface area (Å²) in [6, 6.07) is 8.42. The predicted molar refractivity (Wildman–Crippen MR) is 117 cm³/mol. The first-order chi connectivity index (χ1) is 13.2. The minimum Gasteiger partial charge on any atom is -0.365 e. The summed E-state index contributed by atoms with van der Waals surface area (Å²) in [6.45, 7) is 6.85. The molecule has 0 saturated carbocycles. The number of halogens is 1. The molecule has 4 rings (SSSR count). The number of benzene rings is 1. The van der Waals surface area contributed by atoms with E-state index < -0.39 is 0 Å². The molecule has 1 saturated heterocycles. The van der Waals surface area contributed by atoms with Gasteiger partial charge in [0.1, 0.15) is 5.82 Å². The maximum absolute atomic E-state index is 4.86. The summed E-state index contributed by atoms with van der Waals surface area (Å²) >= 11 is 2.42. The van der Waals surface area contributed by atoms with Gasteiger partial charge in [-0.3, -0.25) is 9.58 Å². The van der Waals surface area contributed by atoms with Crippen LogP contribution in [0.25, 0.3) is 11.0 Å². The Labute approximate surface area is 172 Å². The van der Waals surface area contributed by atoms with Gasteiger partial charge in [0.25, 0.3) is 0 Å². The zero-order valence-electron chi connectivity index (χ0n) is 15.7. The molecule has 0 radical (unpaired) electrons. The first-order valence-corrected chi connectivity index (χ1v) is 10.7. The molecule has 0 bridgehead atoms. The van der Waals surface area contributed by atoms with Crippen molar-refractivity contribution in [1.82, 2.24) is 24.6 Å². The Morgan fingerprint density at radius 2 is 1.89 bits per heavy atom. The smallest absolute Gasteiger partial charge is 0.229 e. The summed E-state index contributed by atoms with van der Waals surface area (Å²) in [6.07, 6.45) is 1.84. The number of nitrogens with one attached hydrogen (secondary N) is 1. The Morgan fingerprint density at radius 3 is 2.63 bits per heavy atom. The molecule has 142 valence electrons. The van der Waals surface area contributed by atoms with E-state index in [1.807, 2.05) is 17.9 Å². The molecular weight excluding hydrogens is 453 g/mol. The third kappa shape index (κ3) is 3.86. The maximum atomic E-state index is 4.86. The summed E-state index contributed by atoms with van der Waals surface area (Å²) in [4.78, 5) is 14.4. The van der Waals surface area contributed by atoms with E-state index in [4.69, 9.17) is 9.97 Å². The Balaban J connectivity index is 1.62. The third-order valence-electron chi connectivity index (χ3n) is 5.11. The van der Waals surface area contributed by atoms with Crippen molar-refractivity contribution in [2.45, 2.75) is 13.5 Å². The number of anilines is 2. The first-order valence-electron chi connectivity index (χ1n) is 9.17. The number of fused-ring (bicyclic) bond motifs is 1. The fourth-order valence-electron chi connectivity index (χ4n) is 3.34. The van der Waals surface area contributed by atoms with Crippen LogP contribution in [-0.2, 0) is 13.6 Å². The van der Waals surface area contributed by atoms with Crippen LogP contribution in [-0.4, -0.2) is 55.4 Å². The van der Waals surface area contributed by atoms with Crippen molar-refractivity contribution in [1.29, 1.82) is 0 Å². The highest BCUT2D eigenvalue weighted by atomic mass is 127. The van der Waals surface area contributed by atoms with Gasteiger partial charge in [0.15, 0.2) is 5.65 Å². The topological polar surface area (TPSA) is 62.1 Å². The van der Waals surface area contributed by atoms with Crippen LogP contribution < -0.4 is 10.2 Å².